The molecule has 1 aromatic rings. The zero-order valence-electron chi connectivity index (χ0n) is 11.8. The Balaban J connectivity index is 2.14. The first-order valence-corrected chi connectivity index (χ1v) is 6.70. The van der Waals surface area contributed by atoms with E-state index in [0.717, 1.165) is 12.2 Å². The van der Waals surface area contributed by atoms with Crippen LogP contribution in [-0.2, 0) is 4.74 Å². The van der Waals surface area contributed by atoms with Gasteiger partial charge in [-0.3, -0.25) is 0 Å². The molecule has 1 aliphatic rings. The fraction of sp³-hybridized carbons (Fsp3) is 0.533. The Kier molecular flexibility index (Phi) is 3.69. The predicted molar refractivity (Wildman–Crippen MR) is 77.2 cm³/mol. The van der Waals surface area contributed by atoms with Crippen LogP contribution in [0.25, 0.3) is 0 Å². The van der Waals surface area contributed by atoms with Crippen LogP contribution in [0.4, 0.5) is 11.4 Å². The molecule has 0 bridgehead atoms. The van der Waals surface area contributed by atoms with E-state index in [2.05, 4.69) is 19.2 Å². The summed E-state index contributed by atoms with van der Waals surface area (Å²) >= 11 is 0. The minimum Gasteiger partial charge on any atom is -0.465 e. The number of rotatable bonds is 5. The van der Waals surface area contributed by atoms with E-state index < -0.39 is 0 Å². The first-order valence-electron chi connectivity index (χ1n) is 6.70. The molecule has 1 aromatic carbocycles. The normalized spacial score (nSPS) is 16.2. The Morgan fingerprint density at radius 2 is 2.16 bits per heavy atom. The first-order chi connectivity index (χ1) is 8.98. The molecule has 4 heteroatoms. The van der Waals surface area contributed by atoms with Gasteiger partial charge in [0.2, 0.25) is 0 Å². The third kappa shape index (κ3) is 2.83. The van der Waals surface area contributed by atoms with E-state index in [1.807, 2.05) is 6.07 Å². The summed E-state index contributed by atoms with van der Waals surface area (Å²) in [7, 11) is 1.38. The largest absolute Gasteiger partial charge is 0.465 e. The molecule has 0 unspecified atom stereocenters. The number of nitrogen functional groups attached to an aromatic ring is 1. The van der Waals surface area contributed by atoms with E-state index in [4.69, 9.17) is 10.5 Å². The number of carbonyl (C=O) groups is 1. The molecular formula is C15H22N2O2. The van der Waals surface area contributed by atoms with Crippen LogP contribution in [0.5, 0.6) is 0 Å². The number of benzene rings is 1. The minimum absolute atomic E-state index is 0.357. The highest BCUT2D eigenvalue weighted by molar-refractivity contribution is 5.96. The quantitative estimate of drug-likeness (QED) is 0.632. The van der Waals surface area contributed by atoms with Gasteiger partial charge in [0, 0.05) is 17.9 Å². The summed E-state index contributed by atoms with van der Waals surface area (Å²) in [5.41, 5.74) is 7.98. The number of ether oxygens (including phenoxy) is 1. The van der Waals surface area contributed by atoms with Gasteiger partial charge in [0.1, 0.15) is 0 Å². The van der Waals surface area contributed by atoms with Gasteiger partial charge in [-0.2, -0.15) is 0 Å². The minimum atomic E-state index is -0.357. The Morgan fingerprint density at radius 1 is 1.47 bits per heavy atom. The first kappa shape index (κ1) is 13.7. The standard InChI is InChI=1S/C15H22N2O2/c1-10(2)15(6-7-15)9-17-13-5-4-11(16)8-12(13)14(18)19-3/h4-5,8,10,17H,6-7,9,16H2,1-3H3. The number of hydrogen-bond acceptors (Lipinski definition) is 4. The van der Waals surface area contributed by atoms with E-state index in [-0.39, 0.29) is 5.97 Å². The lowest BCUT2D eigenvalue weighted by Gasteiger charge is -2.21. The van der Waals surface area contributed by atoms with E-state index in [1.165, 1.54) is 20.0 Å². The zero-order valence-corrected chi connectivity index (χ0v) is 11.8. The van der Waals surface area contributed by atoms with Gasteiger partial charge in [-0.25, -0.2) is 4.79 Å². The second-order valence-electron chi connectivity index (χ2n) is 5.67. The van der Waals surface area contributed by atoms with E-state index in [9.17, 15) is 4.79 Å². The van der Waals surface area contributed by atoms with Gasteiger partial charge in [0.15, 0.2) is 0 Å². The molecule has 0 aromatic heterocycles. The SMILES string of the molecule is COC(=O)c1cc(N)ccc1NCC1(C(C)C)CC1. The van der Waals surface area contributed by atoms with Crippen molar-refractivity contribution in [1.82, 2.24) is 0 Å². The smallest absolute Gasteiger partial charge is 0.340 e. The van der Waals surface area contributed by atoms with Crippen molar-refractivity contribution in [2.75, 3.05) is 24.7 Å². The van der Waals surface area contributed by atoms with E-state index >= 15 is 0 Å². The summed E-state index contributed by atoms with van der Waals surface area (Å²) < 4.78 is 4.79. The van der Waals surface area contributed by atoms with Crippen molar-refractivity contribution < 1.29 is 9.53 Å². The van der Waals surface area contributed by atoms with Crippen LogP contribution in [0.2, 0.25) is 0 Å². The average molecular weight is 262 g/mol. The second kappa shape index (κ2) is 5.11. The highest BCUT2D eigenvalue weighted by atomic mass is 16.5. The van der Waals surface area contributed by atoms with E-state index in [1.54, 1.807) is 12.1 Å². The summed E-state index contributed by atoms with van der Waals surface area (Å²) in [5, 5.41) is 3.38. The molecule has 1 aliphatic carbocycles. The molecule has 1 saturated carbocycles. The van der Waals surface area contributed by atoms with Crippen LogP contribution in [0.15, 0.2) is 18.2 Å². The molecule has 104 valence electrons. The second-order valence-corrected chi connectivity index (χ2v) is 5.67. The Morgan fingerprint density at radius 3 is 2.68 bits per heavy atom. The molecule has 0 aliphatic heterocycles. The van der Waals surface area contributed by atoms with Crippen molar-refractivity contribution in [2.24, 2.45) is 11.3 Å². The van der Waals surface area contributed by atoms with Gasteiger partial charge in [0.25, 0.3) is 0 Å². The Hall–Kier alpha value is -1.71. The van der Waals surface area contributed by atoms with Crippen molar-refractivity contribution in [3.05, 3.63) is 23.8 Å². The zero-order chi connectivity index (χ0) is 14.0. The molecule has 0 heterocycles. The number of hydrogen-bond donors (Lipinski definition) is 2. The fourth-order valence-corrected chi connectivity index (χ4v) is 2.38. The lowest BCUT2D eigenvalue weighted by atomic mass is 9.92. The molecule has 4 nitrogen and oxygen atoms in total. The van der Waals surface area contributed by atoms with Crippen LogP contribution < -0.4 is 11.1 Å². The van der Waals surface area contributed by atoms with Gasteiger partial charge in [-0.1, -0.05) is 13.8 Å². The molecule has 0 radical (unpaired) electrons. The Labute approximate surface area is 114 Å². The van der Waals surface area contributed by atoms with Crippen molar-refractivity contribution >= 4 is 17.3 Å². The van der Waals surface area contributed by atoms with Crippen LogP contribution in [0.3, 0.4) is 0 Å². The van der Waals surface area contributed by atoms with Crippen molar-refractivity contribution in [2.45, 2.75) is 26.7 Å². The average Bonchev–Trinajstić information content (AvgIpc) is 3.17. The van der Waals surface area contributed by atoms with Gasteiger partial charge < -0.3 is 15.8 Å². The molecule has 0 amide bonds. The van der Waals surface area contributed by atoms with Gasteiger partial charge in [0.05, 0.1) is 12.7 Å². The Bertz CT molecular complexity index is 479. The molecule has 19 heavy (non-hydrogen) atoms. The maximum Gasteiger partial charge on any atom is 0.340 e. The monoisotopic (exact) mass is 262 g/mol. The van der Waals surface area contributed by atoms with Crippen molar-refractivity contribution in [3.63, 3.8) is 0 Å². The van der Waals surface area contributed by atoms with Crippen molar-refractivity contribution in [1.29, 1.82) is 0 Å². The number of methoxy groups -OCH3 is 1. The van der Waals surface area contributed by atoms with Gasteiger partial charge in [-0.15, -0.1) is 0 Å². The summed E-state index contributed by atoms with van der Waals surface area (Å²) in [4.78, 5) is 11.7. The van der Waals surface area contributed by atoms with Crippen LogP contribution in [-0.4, -0.2) is 19.6 Å². The van der Waals surface area contributed by atoms with Crippen molar-refractivity contribution in [3.8, 4) is 0 Å². The third-order valence-corrected chi connectivity index (χ3v) is 4.20. The molecule has 0 atom stereocenters. The van der Waals surface area contributed by atoms with Crippen LogP contribution >= 0.6 is 0 Å². The topological polar surface area (TPSA) is 64.3 Å². The highest BCUT2D eigenvalue weighted by Gasteiger charge is 2.45. The van der Waals surface area contributed by atoms with Crippen LogP contribution in [0, 0.1) is 11.3 Å². The molecular weight excluding hydrogens is 240 g/mol. The number of nitrogens with one attached hydrogen (secondary N) is 1. The predicted octanol–water partition coefficient (Wildman–Crippen LogP) is 2.90. The summed E-state index contributed by atoms with van der Waals surface area (Å²) in [6.45, 7) is 5.39. The molecule has 2 rings (SSSR count). The van der Waals surface area contributed by atoms with Crippen LogP contribution in [0.1, 0.15) is 37.0 Å². The molecule has 1 fully saturated rings. The summed E-state index contributed by atoms with van der Waals surface area (Å²) in [6, 6.07) is 5.30. The molecule has 0 spiro atoms. The van der Waals surface area contributed by atoms with Gasteiger partial charge >= 0.3 is 5.97 Å². The lowest BCUT2D eigenvalue weighted by Crippen LogP contribution is -2.22. The fourth-order valence-electron chi connectivity index (χ4n) is 2.38. The number of carbonyl (C=O) groups excluding carboxylic acids is 1. The summed E-state index contributed by atoms with van der Waals surface area (Å²) in [5.74, 6) is 0.291. The maximum atomic E-state index is 11.7. The molecule has 0 saturated heterocycles. The number of anilines is 2. The highest BCUT2D eigenvalue weighted by Crippen LogP contribution is 2.51. The number of esters is 1. The van der Waals surface area contributed by atoms with E-state index in [0.29, 0.717) is 22.6 Å². The maximum absolute atomic E-state index is 11.7. The van der Waals surface area contributed by atoms with Gasteiger partial charge in [-0.05, 0) is 42.4 Å². The third-order valence-electron chi connectivity index (χ3n) is 4.20. The number of nitrogens with two attached hydrogens (primary N) is 1. The molecule has 3 N–H and O–H groups in total. The summed E-state index contributed by atoms with van der Waals surface area (Å²) in [6.07, 6.45) is 2.50. The lowest BCUT2D eigenvalue weighted by molar-refractivity contribution is 0.0602.